The SMILES string of the molecule is O=C1C[C@@H]2[C@@H](/C=C/C3(COC(=O)c4ccc5ccccc5c4)OCCO3)[C@H](OC(=O)c3ccccc3)C[C@@H]2O1. The summed E-state index contributed by atoms with van der Waals surface area (Å²) in [4.78, 5) is 37.7. The lowest BCUT2D eigenvalue weighted by Gasteiger charge is -2.25. The third-order valence-electron chi connectivity index (χ3n) is 7.56. The predicted molar refractivity (Wildman–Crippen MR) is 140 cm³/mol. The van der Waals surface area contributed by atoms with Crippen molar-refractivity contribution >= 4 is 28.7 Å². The van der Waals surface area contributed by atoms with Gasteiger partial charge in [0.25, 0.3) is 0 Å². The van der Waals surface area contributed by atoms with Gasteiger partial charge in [-0.2, -0.15) is 0 Å². The number of esters is 3. The first-order valence-electron chi connectivity index (χ1n) is 13.1. The van der Waals surface area contributed by atoms with Gasteiger partial charge in [0.15, 0.2) is 0 Å². The Morgan fingerprint density at radius 1 is 0.897 bits per heavy atom. The molecule has 2 heterocycles. The molecule has 6 rings (SSSR count). The molecule has 0 amide bonds. The maximum Gasteiger partial charge on any atom is 0.338 e. The van der Waals surface area contributed by atoms with E-state index < -0.39 is 23.8 Å². The van der Waals surface area contributed by atoms with E-state index in [0.717, 1.165) is 10.8 Å². The van der Waals surface area contributed by atoms with Gasteiger partial charge in [-0.3, -0.25) is 4.79 Å². The van der Waals surface area contributed by atoms with Gasteiger partial charge < -0.3 is 23.7 Å². The second-order valence-electron chi connectivity index (χ2n) is 10.0. The molecule has 0 spiro atoms. The highest BCUT2D eigenvalue weighted by Gasteiger charge is 2.51. The minimum atomic E-state index is -1.28. The van der Waals surface area contributed by atoms with E-state index in [9.17, 15) is 14.4 Å². The van der Waals surface area contributed by atoms with E-state index >= 15 is 0 Å². The molecular weight excluding hydrogens is 500 g/mol. The van der Waals surface area contributed by atoms with Gasteiger partial charge in [-0.15, -0.1) is 0 Å². The van der Waals surface area contributed by atoms with Gasteiger partial charge >= 0.3 is 17.9 Å². The molecule has 39 heavy (non-hydrogen) atoms. The molecule has 3 aliphatic rings. The fourth-order valence-corrected chi connectivity index (χ4v) is 5.59. The Labute approximate surface area is 225 Å². The van der Waals surface area contributed by atoms with Crippen LogP contribution in [-0.2, 0) is 28.5 Å². The number of carbonyl (C=O) groups excluding carboxylic acids is 3. The van der Waals surface area contributed by atoms with Crippen LogP contribution in [0.5, 0.6) is 0 Å². The molecule has 8 heteroatoms. The summed E-state index contributed by atoms with van der Waals surface area (Å²) in [5.41, 5.74) is 0.882. The van der Waals surface area contributed by atoms with Gasteiger partial charge in [-0.25, -0.2) is 9.59 Å². The van der Waals surface area contributed by atoms with E-state index in [4.69, 9.17) is 23.7 Å². The number of benzene rings is 3. The van der Waals surface area contributed by atoms with Crippen molar-refractivity contribution in [2.45, 2.75) is 30.8 Å². The third-order valence-corrected chi connectivity index (χ3v) is 7.56. The van der Waals surface area contributed by atoms with Crippen molar-refractivity contribution in [2.75, 3.05) is 19.8 Å². The average molecular weight is 529 g/mol. The van der Waals surface area contributed by atoms with Crippen LogP contribution in [0, 0.1) is 11.8 Å². The minimum Gasteiger partial charge on any atom is -0.462 e. The zero-order valence-corrected chi connectivity index (χ0v) is 21.2. The van der Waals surface area contributed by atoms with Crippen LogP contribution in [0.15, 0.2) is 84.9 Å². The smallest absolute Gasteiger partial charge is 0.338 e. The van der Waals surface area contributed by atoms with Crippen LogP contribution >= 0.6 is 0 Å². The van der Waals surface area contributed by atoms with Crippen molar-refractivity contribution in [1.82, 2.24) is 0 Å². The number of ether oxygens (including phenoxy) is 5. The number of hydrogen-bond acceptors (Lipinski definition) is 8. The highest BCUT2D eigenvalue weighted by atomic mass is 16.8. The van der Waals surface area contributed by atoms with E-state index in [2.05, 4.69) is 0 Å². The van der Waals surface area contributed by atoms with Crippen LogP contribution in [-0.4, -0.2) is 55.7 Å². The van der Waals surface area contributed by atoms with E-state index in [1.165, 1.54) is 0 Å². The molecule has 4 atom stereocenters. The highest BCUT2D eigenvalue weighted by Crippen LogP contribution is 2.44. The summed E-state index contributed by atoms with van der Waals surface area (Å²) >= 11 is 0. The Morgan fingerprint density at radius 3 is 2.44 bits per heavy atom. The molecule has 2 aliphatic heterocycles. The number of hydrogen-bond donors (Lipinski definition) is 0. The number of carbonyl (C=O) groups is 3. The molecule has 2 saturated heterocycles. The van der Waals surface area contributed by atoms with Gasteiger partial charge in [0, 0.05) is 18.3 Å². The van der Waals surface area contributed by atoms with Crippen molar-refractivity contribution in [1.29, 1.82) is 0 Å². The summed E-state index contributed by atoms with van der Waals surface area (Å²) < 4.78 is 28.8. The highest BCUT2D eigenvalue weighted by molar-refractivity contribution is 5.95. The van der Waals surface area contributed by atoms with Crippen molar-refractivity contribution in [2.24, 2.45) is 11.8 Å². The monoisotopic (exact) mass is 528 g/mol. The first-order chi connectivity index (χ1) is 19.0. The van der Waals surface area contributed by atoms with E-state index in [1.807, 2.05) is 42.5 Å². The van der Waals surface area contributed by atoms with Gasteiger partial charge in [0.2, 0.25) is 5.79 Å². The van der Waals surface area contributed by atoms with Gasteiger partial charge in [0.05, 0.1) is 30.8 Å². The summed E-state index contributed by atoms with van der Waals surface area (Å²) in [5.74, 6) is -2.89. The van der Waals surface area contributed by atoms with E-state index in [0.29, 0.717) is 30.8 Å². The minimum absolute atomic E-state index is 0.138. The Balaban J connectivity index is 1.18. The second-order valence-corrected chi connectivity index (χ2v) is 10.0. The molecule has 0 aromatic heterocycles. The lowest BCUT2D eigenvalue weighted by molar-refractivity contribution is -0.146. The fraction of sp³-hybridized carbons (Fsp3) is 0.323. The molecule has 0 bridgehead atoms. The van der Waals surface area contributed by atoms with Crippen LogP contribution in [0.1, 0.15) is 33.6 Å². The maximum atomic E-state index is 12.9. The zero-order valence-electron chi connectivity index (χ0n) is 21.2. The van der Waals surface area contributed by atoms with E-state index in [1.54, 1.807) is 42.5 Å². The van der Waals surface area contributed by atoms with Crippen LogP contribution in [0.3, 0.4) is 0 Å². The summed E-state index contributed by atoms with van der Waals surface area (Å²) in [5, 5.41) is 1.97. The largest absolute Gasteiger partial charge is 0.462 e. The second kappa shape index (κ2) is 10.6. The fourth-order valence-electron chi connectivity index (χ4n) is 5.59. The summed E-state index contributed by atoms with van der Waals surface area (Å²) in [7, 11) is 0. The molecule has 0 unspecified atom stereocenters. The zero-order chi connectivity index (χ0) is 26.8. The topological polar surface area (TPSA) is 97.4 Å². The molecule has 200 valence electrons. The number of rotatable bonds is 7. The predicted octanol–water partition coefficient (Wildman–Crippen LogP) is 4.47. The van der Waals surface area contributed by atoms with Crippen LogP contribution in [0.25, 0.3) is 10.8 Å². The Bertz CT molecular complexity index is 1410. The van der Waals surface area contributed by atoms with Gasteiger partial charge in [-0.05, 0) is 41.1 Å². The van der Waals surface area contributed by atoms with Crippen molar-refractivity contribution in [3.05, 3.63) is 96.1 Å². The first kappa shape index (κ1) is 25.3. The van der Waals surface area contributed by atoms with Crippen LogP contribution in [0.2, 0.25) is 0 Å². The average Bonchev–Trinajstić information content (AvgIpc) is 3.66. The molecule has 1 saturated carbocycles. The summed E-state index contributed by atoms with van der Waals surface area (Å²) in [6.45, 7) is 0.519. The summed E-state index contributed by atoms with van der Waals surface area (Å²) in [6, 6.07) is 21.9. The first-order valence-corrected chi connectivity index (χ1v) is 13.1. The Hall–Kier alpha value is -4.01. The standard InChI is InChI=1S/C31H28O8/c32-28-17-25-24(26(18-27(25)38-28)39-30(34)21-7-2-1-3-8-21)12-13-31(36-14-15-37-31)19-35-29(33)23-11-10-20-6-4-5-9-22(20)16-23/h1-13,16,24-27H,14-15,17-19H2/b13-12+/t24-,25-,26-,27+/m1/s1. The summed E-state index contributed by atoms with van der Waals surface area (Å²) in [6.07, 6.45) is 3.40. The molecule has 3 aromatic carbocycles. The quantitative estimate of drug-likeness (QED) is 0.252. The Morgan fingerprint density at radius 2 is 1.64 bits per heavy atom. The number of fused-ring (bicyclic) bond motifs is 2. The molecule has 0 radical (unpaired) electrons. The molecule has 3 aromatic rings. The third kappa shape index (κ3) is 5.30. The van der Waals surface area contributed by atoms with Gasteiger partial charge in [0.1, 0.15) is 18.8 Å². The molecule has 3 fully saturated rings. The molecule has 8 nitrogen and oxygen atoms in total. The maximum absolute atomic E-state index is 12.9. The van der Waals surface area contributed by atoms with Crippen LogP contribution in [0.4, 0.5) is 0 Å². The molecule has 1 aliphatic carbocycles. The molecule has 0 N–H and O–H groups in total. The van der Waals surface area contributed by atoms with Crippen molar-refractivity contribution < 1.29 is 38.1 Å². The normalized spacial score (nSPS) is 25.5. The lowest BCUT2D eigenvalue weighted by Crippen LogP contribution is -2.35. The van der Waals surface area contributed by atoms with Crippen LogP contribution < -0.4 is 0 Å². The Kier molecular flexibility index (Phi) is 6.89. The van der Waals surface area contributed by atoms with Crippen molar-refractivity contribution in [3.63, 3.8) is 0 Å². The van der Waals surface area contributed by atoms with Crippen molar-refractivity contribution in [3.8, 4) is 0 Å². The molecular formula is C31H28O8. The lowest BCUT2D eigenvalue weighted by atomic mass is 9.91. The van der Waals surface area contributed by atoms with E-state index in [-0.39, 0.29) is 36.9 Å². The van der Waals surface area contributed by atoms with Gasteiger partial charge in [-0.1, -0.05) is 54.6 Å².